The summed E-state index contributed by atoms with van der Waals surface area (Å²) in [5.74, 6) is -1.55. The SMILES string of the molecule is NC(Cc1ccccc1)C(=O)N1CC(=O)N2C(CCC2C(=O)O)C1. The van der Waals surface area contributed by atoms with Crippen LogP contribution >= 0.6 is 0 Å². The number of piperazine rings is 1. The molecule has 3 N–H and O–H groups in total. The van der Waals surface area contributed by atoms with E-state index in [1.807, 2.05) is 30.3 Å². The van der Waals surface area contributed by atoms with Crippen molar-refractivity contribution in [2.75, 3.05) is 13.1 Å². The Morgan fingerprint density at radius 3 is 2.62 bits per heavy atom. The van der Waals surface area contributed by atoms with E-state index in [1.54, 1.807) is 0 Å². The number of carbonyl (C=O) groups excluding carboxylic acids is 2. The normalized spacial score (nSPS) is 24.6. The number of benzene rings is 1. The standard InChI is InChI=1S/C17H21N3O4/c18-13(8-11-4-2-1-3-5-11)16(22)19-9-12-6-7-14(17(23)24)20(12)15(21)10-19/h1-5,12-14H,6-10,18H2,(H,23,24). The molecule has 0 bridgehead atoms. The Morgan fingerprint density at radius 1 is 1.25 bits per heavy atom. The molecule has 128 valence electrons. The predicted octanol–water partition coefficient (Wildman–Crippen LogP) is -0.157. The molecule has 24 heavy (non-hydrogen) atoms. The van der Waals surface area contributed by atoms with Gasteiger partial charge >= 0.3 is 5.97 Å². The zero-order valence-corrected chi connectivity index (χ0v) is 13.3. The van der Waals surface area contributed by atoms with Crippen molar-refractivity contribution in [3.05, 3.63) is 35.9 Å². The second-order valence-corrected chi connectivity index (χ2v) is 6.40. The summed E-state index contributed by atoms with van der Waals surface area (Å²) in [6.07, 6.45) is 1.45. The molecule has 0 spiro atoms. The maximum atomic E-state index is 12.6. The topological polar surface area (TPSA) is 104 Å². The van der Waals surface area contributed by atoms with E-state index in [-0.39, 0.29) is 24.4 Å². The van der Waals surface area contributed by atoms with Gasteiger partial charge in [-0.05, 0) is 24.8 Å². The molecular formula is C17H21N3O4. The quantitative estimate of drug-likeness (QED) is 0.798. The van der Waals surface area contributed by atoms with E-state index >= 15 is 0 Å². The lowest BCUT2D eigenvalue weighted by molar-refractivity contribution is -0.156. The highest BCUT2D eigenvalue weighted by molar-refractivity contribution is 5.91. The van der Waals surface area contributed by atoms with Gasteiger partial charge in [0, 0.05) is 6.54 Å². The van der Waals surface area contributed by atoms with Crippen molar-refractivity contribution >= 4 is 17.8 Å². The molecule has 0 saturated carbocycles. The van der Waals surface area contributed by atoms with Gasteiger partial charge in [0.25, 0.3) is 0 Å². The van der Waals surface area contributed by atoms with Gasteiger partial charge in [-0.3, -0.25) is 9.59 Å². The van der Waals surface area contributed by atoms with Crippen LogP contribution in [0.1, 0.15) is 18.4 Å². The van der Waals surface area contributed by atoms with Gasteiger partial charge in [0.1, 0.15) is 6.04 Å². The Kier molecular flexibility index (Phi) is 4.53. The number of carboxylic acid groups (broad SMARTS) is 1. The molecule has 2 fully saturated rings. The summed E-state index contributed by atoms with van der Waals surface area (Å²) in [5.41, 5.74) is 7.00. The molecule has 2 aliphatic rings. The highest BCUT2D eigenvalue weighted by Crippen LogP contribution is 2.28. The van der Waals surface area contributed by atoms with Crippen LogP contribution in [0.4, 0.5) is 0 Å². The molecular weight excluding hydrogens is 310 g/mol. The summed E-state index contributed by atoms with van der Waals surface area (Å²) in [6.45, 7) is 0.262. The lowest BCUT2D eigenvalue weighted by Gasteiger charge is -2.39. The summed E-state index contributed by atoms with van der Waals surface area (Å²) in [4.78, 5) is 39.0. The molecule has 2 amide bonds. The number of nitrogens with two attached hydrogens (primary N) is 1. The summed E-state index contributed by atoms with van der Waals surface area (Å²) >= 11 is 0. The van der Waals surface area contributed by atoms with E-state index in [4.69, 9.17) is 5.73 Å². The minimum Gasteiger partial charge on any atom is -0.480 e. The molecule has 2 heterocycles. The summed E-state index contributed by atoms with van der Waals surface area (Å²) < 4.78 is 0. The number of hydrogen-bond donors (Lipinski definition) is 2. The van der Waals surface area contributed by atoms with Crippen molar-refractivity contribution in [1.82, 2.24) is 9.80 Å². The Hall–Kier alpha value is -2.41. The third-order valence-corrected chi connectivity index (χ3v) is 4.76. The number of carbonyl (C=O) groups is 3. The summed E-state index contributed by atoms with van der Waals surface area (Å²) in [5, 5.41) is 9.20. The van der Waals surface area contributed by atoms with Crippen molar-refractivity contribution in [1.29, 1.82) is 0 Å². The maximum absolute atomic E-state index is 12.6. The number of amides is 2. The van der Waals surface area contributed by atoms with Crippen molar-refractivity contribution in [2.24, 2.45) is 5.73 Å². The summed E-state index contributed by atoms with van der Waals surface area (Å²) in [7, 11) is 0. The van der Waals surface area contributed by atoms with Gasteiger partial charge in [0.2, 0.25) is 11.8 Å². The average Bonchev–Trinajstić information content (AvgIpc) is 3.00. The van der Waals surface area contributed by atoms with Crippen LogP contribution in [-0.4, -0.2) is 63.9 Å². The molecule has 0 radical (unpaired) electrons. The van der Waals surface area contributed by atoms with Crippen LogP contribution in [0.25, 0.3) is 0 Å². The Bertz CT molecular complexity index is 648. The van der Waals surface area contributed by atoms with Gasteiger partial charge in [-0.2, -0.15) is 0 Å². The monoisotopic (exact) mass is 331 g/mol. The molecule has 2 aliphatic heterocycles. The molecule has 2 saturated heterocycles. The minimum atomic E-state index is -0.980. The van der Waals surface area contributed by atoms with Gasteiger partial charge in [0.15, 0.2) is 0 Å². The average molecular weight is 331 g/mol. The lowest BCUT2D eigenvalue weighted by Crippen LogP contribution is -2.60. The summed E-state index contributed by atoms with van der Waals surface area (Å²) in [6, 6.07) is 7.79. The zero-order chi connectivity index (χ0) is 17.3. The van der Waals surface area contributed by atoms with Crippen LogP contribution in [0.2, 0.25) is 0 Å². The van der Waals surface area contributed by atoms with Gasteiger partial charge in [-0.15, -0.1) is 0 Å². The number of nitrogens with zero attached hydrogens (tertiary/aromatic N) is 2. The van der Waals surface area contributed by atoms with E-state index in [0.717, 1.165) is 5.56 Å². The number of hydrogen-bond acceptors (Lipinski definition) is 4. The van der Waals surface area contributed by atoms with Gasteiger partial charge < -0.3 is 20.6 Å². The van der Waals surface area contributed by atoms with E-state index in [1.165, 1.54) is 9.80 Å². The van der Waals surface area contributed by atoms with Crippen molar-refractivity contribution in [2.45, 2.75) is 37.4 Å². The lowest BCUT2D eigenvalue weighted by atomic mass is 10.0. The fourth-order valence-electron chi connectivity index (χ4n) is 3.60. The minimum absolute atomic E-state index is 0.0956. The molecule has 7 nitrogen and oxygen atoms in total. The first kappa shape index (κ1) is 16.4. The highest BCUT2D eigenvalue weighted by Gasteiger charge is 2.45. The second-order valence-electron chi connectivity index (χ2n) is 6.40. The molecule has 3 unspecified atom stereocenters. The Labute approximate surface area is 140 Å². The number of carboxylic acids is 1. The van der Waals surface area contributed by atoms with Gasteiger partial charge in [-0.1, -0.05) is 30.3 Å². The zero-order valence-electron chi connectivity index (χ0n) is 13.3. The van der Waals surface area contributed by atoms with E-state index in [0.29, 0.717) is 25.8 Å². The first-order valence-electron chi connectivity index (χ1n) is 8.09. The number of rotatable bonds is 4. The number of fused-ring (bicyclic) bond motifs is 1. The maximum Gasteiger partial charge on any atom is 0.326 e. The van der Waals surface area contributed by atoms with E-state index in [9.17, 15) is 19.5 Å². The third kappa shape index (κ3) is 3.12. The van der Waals surface area contributed by atoms with Gasteiger partial charge in [-0.25, -0.2) is 4.79 Å². The molecule has 1 aromatic carbocycles. The van der Waals surface area contributed by atoms with Crippen LogP contribution < -0.4 is 5.73 Å². The van der Waals surface area contributed by atoms with Crippen LogP contribution in [0.3, 0.4) is 0 Å². The number of aliphatic carboxylic acids is 1. The van der Waals surface area contributed by atoms with Crippen molar-refractivity contribution < 1.29 is 19.5 Å². The molecule has 3 atom stereocenters. The van der Waals surface area contributed by atoms with Crippen LogP contribution in [0, 0.1) is 0 Å². The molecule has 3 rings (SSSR count). The molecule has 0 aromatic heterocycles. The Balaban J connectivity index is 1.65. The smallest absolute Gasteiger partial charge is 0.326 e. The molecule has 7 heteroatoms. The van der Waals surface area contributed by atoms with Crippen molar-refractivity contribution in [3.63, 3.8) is 0 Å². The second kappa shape index (κ2) is 6.60. The Morgan fingerprint density at radius 2 is 1.96 bits per heavy atom. The van der Waals surface area contributed by atoms with E-state index < -0.39 is 18.1 Å². The van der Waals surface area contributed by atoms with Crippen molar-refractivity contribution in [3.8, 4) is 0 Å². The van der Waals surface area contributed by atoms with Crippen LogP contribution in [-0.2, 0) is 20.8 Å². The fraction of sp³-hybridized carbons (Fsp3) is 0.471. The largest absolute Gasteiger partial charge is 0.480 e. The van der Waals surface area contributed by atoms with E-state index in [2.05, 4.69) is 0 Å². The van der Waals surface area contributed by atoms with Crippen LogP contribution in [0.5, 0.6) is 0 Å². The van der Waals surface area contributed by atoms with Gasteiger partial charge in [0.05, 0.1) is 18.6 Å². The highest BCUT2D eigenvalue weighted by atomic mass is 16.4. The predicted molar refractivity (Wildman–Crippen MR) is 86.0 cm³/mol. The fourth-order valence-corrected chi connectivity index (χ4v) is 3.60. The first-order chi connectivity index (χ1) is 11.5. The molecule has 1 aromatic rings. The first-order valence-corrected chi connectivity index (χ1v) is 8.09. The molecule has 0 aliphatic carbocycles. The van der Waals surface area contributed by atoms with Crippen LogP contribution in [0.15, 0.2) is 30.3 Å². The third-order valence-electron chi connectivity index (χ3n) is 4.76.